The second-order valence-electron chi connectivity index (χ2n) is 4.82. The van der Waals surface area contributed by atoms with Gasteiger partial charge in [-0.05, 0) is 19.1 Å². The Morgan fingerprint density at radius 2 is 1.96 bits per heavy atom. The Kier molecular flexibility index (Phi) is 4.31. The van der Waals surface area contributed by atoms with Crippen molar-refractivity contribution in [2.24, 2.45) is 0 Å². The monoisotopic (exact) mass is 374 g/mol. The highest BCUT2D eigenvalue weighted by Gasteiger charge is 2.20. The van der Waals surface area contributed by atoms with E-state index in [0.717, 1.165) is 6.07 Å². The Balaban J connectivity index is 1.98. The van der Waals surface area contributed by atoms with E-state index in [4.69, 9.17) is 33.7 Å². The summed E-state index contributed by atoms with van der Waals surface area (Å²) in [5, 5.41) is 0.432. The molecule has 0 amide bonds. The fourth-order valence-electron chi connectivity index (χ4n) is 2.20. The molecule has 0 saturated heterocycles. The van der Waals surface area contributed by atoms with Crippen LogP contribution >= 0.6 is 34.5 Å². The van der Waals surface area contributed by atoms with Crippen molar-refractivity contribution in [1.82, 2.24) is 4.98 Å². The highest BCUT2D eigenvalue weighted by atomic mass is 35.5. The molecule has 1 aromatic heterocycles. The molecule has 1 unspecified atom stereocenters. The molecule has 0 aliphatic rings. The third-order valence-corrected chi connectivity index (χ3v) is 4.81. The molecule has 3 aromatic rings. The van der Waals surface area contributed by atoms with Gasteiger partial charge in [0.05, 0.1) is 15.2 Å². The summed E-state index contributed by atoms with van der Waals surface area (Å²) in [6.45, 7) is 1.61. The SMILES string of the molecule is CC(Oc1cc2sc(N)nc2cc1F)c1c(Cl)ccc(F)c1Cl. The molecular weight excluding hydrogens is 365 g/mol. The molecule has 3 rings (SSSR count). The molecule has 8 heteroatoms. The summed E-state index contributed by atoms with van der Waals surface area (Å²) in [5.41, 5.74) is 6.32. The summed E-state index contributed by atoms with van der Waals surface area (Å²) in [5.74, 6) is -1.23. The van der Waals surface area contributed by atoms with Gasteiger partial charge in [-0.2, -0.15) is 0 Å². The number of halogens is 4. The van der Waals surface area contributed by atoms with Crippen molar-refractivity contribution < 1.29 is 13.5 Å². The minimum absolute atomic E-state index is 0.00922. The third kappa shape index (κ3) is 3.06. The second-order valence-corrected chi connectivity index (χ2v) is 6.67. The van der Waals surface area contributed by atoms with Gasteiger partial charge >= 0.3 is 0 Å². The van der Waals surface area contributed by atoms with Crippen LogP contribution < -0.4 is 10.5 Å². The van der Waals surface area contributed by atoms with Crippen molar-refractivity contribution in [2.75, 3.05) is 5.73 Å². The van der Waals surface area contributed by atoms with Crippen LogP contribution in [0.3, 0.4) is 0 Å². The van der Waals surface area contributed by atoms with Crippen LogP contribution in [0.15, 0.2) is 24.3 Å². The smallest absolute Gasteiger partial charge is 0.181 e. The average molecular weight is 375 g/mol. The molecule has 0 aliphatic heterocycles. The van der Waals surface area contributed by atoms with Crippen molar-refractivity contribution in [1.29, 1.82) is 0 Å². The molecule has 0 fully saturated rings. The van der Waals surface area contributed by atoms with Crippen molar-refractivity contribution in [3.8, 4) is 5.75 Å². The van der Waals surface area contributed by atoms with Crippen molar-refractivity contribution in [3.05, 3.63) is 51.5 Å². The minimum atomic E-state index is -0.747. The highest BCUT2D eigenvalue weighted by Crippen LogP contribution is 2.37. The normalized spacial score (nSPS) is 12.6. The van der Waals surface area contributed by atoms with Crippen LogP contribution in [-0.2, 0) is 0 Å². The summed E-state index contributed by atoms with van der Waals surface area (Å²) >= 11 is 13.2. The number of rotatable bonds is 3. The quantitative estimate of drug-likeness (QED) is 0.606. The van der Waals surface area contributed by atoms with Crippen LogP contribution in [0, 0.1) is 11.6 Å². The van der Waals surface area contributed by atoms with Gasteiger partial charge in [-0.25, -0.2) is 13.8 Å². The number of benzene rings is 2. The molecule has 1 atom stereocenters. The number of hydrogen-bond donors (Lipinski definition) is 1. The van der Waals surface area contributed by atoms with E-state index in [0.29, 0.717) is 15.3 Å². The Hall–Kier alpha value is -1.63. The molecule has 2 N–H and O–H groups in total. The molecule has 0 aliphatic carbocycles. The number of anilines is 1. The molecule has 23 heavy (non-hydrogen) atoms. The fourth-order valence-corrected chi connectivity index (χ4v) is 3.63. The maximum atomic E-state index is 14.1. The summed E-state index contributed by atoms with van der Waals surface area (Å²) in [6, 6.07) is 5.27. The summed E-state index contributed by atoms with van der Waals surface area (Å²) in [4.78, 5) is 4.00. The van der Waals surface area contributed by atoms with Gasteiger partial charge in [-0.15, -0.1) is 0 Å². The number of nitrogen functional groups attached to an aromatic ring is 1. The van der Waals surface area contributed by atoms with Gasteiger partial charge in [0.1, 0.15) is 11.9 Å². The van der Waals surface area contributed by atoms with Gasteiger partial charge in [-0.1, -0.05) is 34.5 Å². The maximum absolute atomic E-state index is 14.1. The number of nitrogens with two attached hydrogens (primary N) is 1. The lowest BCUT2D eigenvalue weighted by Gasteiger charge is -2.18. The van der Waals surface area contributed by atoms with Crippen LogP contribution in [0.25, 0.3) is 10.2 Å². The van der Waals surface area contributed by atoms with Crippen molar-refractivity contribution in [3.63, 3.8) is 0 Å². The van der Waals surface area contributed by atoms with Crippen molar-refractivity contribution >= 4 is 49.9 Å². The van der Waals surface area contributed by atoms with Gasteiger partial charge in [0.15, 0.2) is 16.7 Å². The zero-order valence-electron chi connectivity index (χ0n) is 11.7. The number of nitrogens with zero attached hydrogens (tertiary/aromatic N) is 1. The number of ether oxygens (including phenoxy) is 1. The van der Waals surface area contributed by atoms with E-state index in [1.165, 1.54) is 29.5 Å². The molecule has 0 bridgehead atoms. The first-order valence-corrected chi connectivity index (χ1v) is 8.09. The largest absolute Gasteiger partial charge is 0.483 e. The fraction of sp³-hybridized carbons (Fsp3) is 0.133. The lowest BCUT2D eigenvalue weighted by molar-refractivity contribution is 0.216. The van der Waals surface area contributed by atoms with E-state index >= 15 is 0 Å². The summed E-state index contributed by atoms with van der Waals surface area (Å²) in [7, 11) is 0. The van der Waals surface area contributed by atoms with Gasteiger partial charge in [-0.3, -0.25) is 0 Å². The minimum Gasteiger partial charge on any atom is -0.483 e. The highest BCUT2D eigenvalue weighted by molar-refractivity contribution is 7.22. The van der Waals surface area contributed by atoms with E-state index < -0.39 is 17.7 Å². The number of aromatic nitrogens is 1. The topological polar surface area (TPSA) is 48.1 Å². The molecule has 120 valence electrons. The van der Waals surface area contributed by atoms with Gasteiger partial charge in [0, 0.05) is 22.7 Å². The van der Waals surface area contributed by atoms with E-state index in [-0.39, 0.29) is 21.4 Å². The molecule has 1 heterocycles. The van der Waals surface area contributed by atoms with Crippen LogP contribution in [-0.4, -0.2) is 4.98 Å². The average Bonchev–Trinajstić information content (AvgIpc) is 2.83. The zero-order chi connectivity index (χ0) is 16.7. The molecule has 0 spiro atoms. The predicted molar refractivity (Wildman–Crippen MR) is 89.5 cm³/mol. The first kappa shape index (κ1) is 16.2. The Morgan fingerprint density at radius 1 is 1.22 bits per heavy atom. The van der Waals surface area contributed by atoms with E-state index in [1.807, 2.05) is 0 Å². The molecule has 0 saturated carbocycles. The maximum Gasteiger partial charge on any atom is 0.181 e. The summed E-state index contributed by atoms with van der Waals surface area (Å²) in [6.07, 6.45) is -0.747. The molecule has 0 radical (unpaired) electrons. The van der Waals surface area contributed by atoms with Gasteiger partial charge < -0.3 is 10.5 Å². The number of fused-ring (bicyclic) bond motifs is 1. The Morgan fingerprint density at radius 3 is 2.70 bits per heavy atom. The zero-order valence-corrected chi connectivity index (χ0v) is 14.1. The van der Waals surface area contributed by atoms with Gasteiger partial charge in [0.25, 0.3) is 0 Å². The van der Waals surface area contributed by atoms with Gasteiger partial charge in [0.2, 0.25) is 0 Å². The van der Waals surface area contributed by atoms with Crippen LogP contribution in [0.1, 0.15) is 18.6 Å². The van der Waals surface area contributed by atoms with Crippen LogP contribution in [0.5, 0.6) is 5.75 Å². The van der Waals surface area contributed by atoms with E-state index in [1.54, 1.807) is 6.92 Å². The lowest BCUT2D eigenvalue weighted by Crippen LogP contribution is -2.06. The number of thiazole rings is 1. The summed E-state index contributed by atoms with van der Waals surface area (Å²) < 4.78 is 34.0. The molecular formula is C15H10Cl2F2N2OS. The predicted octanol–water partition coefficient (Wildman–Crippen LogP) is 5.60. The second kappa shape index (κ2) is 6.11. The lowest BCUT2D eigenvalue weighted by atomic mass is 10.1. The van der Waals surface area contributed by atoms with Crippen molar-refractivity contribution in [2.45, 2.75) is 13.0 Å². The van der Waals surface area contributed by atoms with Crippen LogP contribution in [0.4, 0.5) is 13.9 Å². The standard InChI is InChI=1S/C15H10Cl2F2N2OS/c1-6(13-7(16)2-3-8(18)14(13)17)22-11-5-12-10(4-9(11)19)21-15(20)23-12/h2-6H,1H3,(H2,20,21). The first-order valence-electron chi connectivity index (χ1n) is 6.52. The molecule has 3 nitrogen and oxygen atoms in total. The van der Waals surface area contributed by atoms with E-state index in [2.05, 4.69) is 4.98 Å². The Bertz CT molecular complexity index is 901. The molecule has 2 aromatic carbocycles. The van der Waals surface area contributed by atoms with E-state index in [9.17, 15) is 8.78 Å². The number of hydrogen-bond acceptors (Lipinski definition) is 4. The van der Waals surface area contributed by atoms with Crippen LogP contribution in [0.2, 0.25) is 10.0 Å². The Labute approximate surface area is 144 Å². The first-order chi connectivity index (χ1) is 10.9. The third-order valence-electron chi connectivity index (χ3n) is 3.25.